The van der Waals surface area contributed by atoms with E-state index in [1.54, 1.807) is 0 Å². The van der Waals surface area contributed by atoms with Crippen molar-refractivity contribution in [3.8, 4) is 0 Å². The second kappa shape index (κ2) is 18.0. The van der Waals surface area contributed by atoms with Gasteiger partial charge in [0, 0.05) is 19.3 Å². The van der Waals surface area contributed by atoms with Crippen molar-refractivity contribution in [2.45, 2.75) is 129 Å². The van der Waals surface area contributed by atoms with E-state index in [2.05, 4.69) is 12.2 Å². The quantitative estimate of drug-likeness (QED) is 0.194. The number of unbranched alkanes of at least 4 members (excludes halogenated alkanes) is 12. The molecule has 1 saturated heterocycles. The fourth-order valence-corrected chi connectivity index (χ4v) is 3.89. The minimum atomic E-state index is -1.25. The highest BCUT2D eigenvalue weighted by molar-refractivity contribution is 6.01. The van der Waals surface area contributed by atoms with Crippen molar-refractivity contribution < 1.29 is 33.9 Å². The van der Waals surface area contributed by atoms with Gasteiger partial charge in [0.25, 0.3) is 11.8 Å². The molecule has 0 saturated carbocycles. The smallest absolute Gasteiger partial charge is 0.333 e. The zero-order chi connectivity index (χ0) is 25.2. The Hall–Kier alpha value is -2.45. The van der Waals surface area contributed by atoms with Crippen LogP contribution >= 0.6 is 0 Å². The normalized spacial score (nSPS) is 14.3. The first-order chi connectivity index (χ1) is 16.3. The van der Waals surface area contributed by atoms with Gasteiger partial charge in [0.2, 0.25) is 5.91 Å². The highest BCUT2D eigenvalue weighted by atomic mass is 16.7. The lowest BCUT2D eigenvalue weighted by molar-refractivity contribution is -0.197. The Kier molecular flexibility index (Phi) is 15.6. The number of aliphatic carboxylic acids is 1. The van der Waals surface area contributed by atoms with Crippen LogP contribution in [0.5, 0.6) is 0 Å². The minimum Gasteiger partial charge on any atom is -0.480 e. The number of nitrogens with zero attached hydrogens (tertiary/aromatic N) is 1. The molecular weight excluding hydrogens is 440 g/mol. The van der Waals surface area contributed by atoms with Gasteiger partial charge in [-0.25, -0.2) is 9.59 Å². The number of carboxylic acids is 1. The predicted molar refractivity (Wildman–Crippen MR) is 126 cm³/mol. The first-order valence-corrected chi connectivity index (χ1v) is 12.9. The third-order valence-electron chi connectivity index (χ3n) is 5.98. The van der Waals surface area contributed by atoms with E-state index in [0.29, 0.717) is 11.5 Å². The lowest BCUT2D eigenvalue weighted by Crippen LogP contribution is -2.41. The molecule has 1 aliphatic heterocycles. The second-order valence-electron chi connectivity index (χ2n) is 9.03. The molecule has 1 heterocycles. The summed E-state index contributed by atoms with van der Waals surface area (Å²) in [6.07, 6.45) is 15.3. The average Bonchev–Trinajstić information content (AvgIpc) is 3.11. The van der Waals surface area contributed by atoms with Crippen molar-refractivity contribution in [1.29, 1.82) is 0 Å². The van der Waals surface area contributed by atoms with Crippen LogP contribution in [0, 0.1) is 0 Å². The molecule has 3 amide bonds. The Morgan fingerprint density at radius 2 is 1.29 bits per heavy atom. The zero-order valence-corrected chi connectivity index (χ0v) is 20.6. The number of carboxylic acid groups (broad SMARTS) is 1. The molecule has 0 bridgehead atoms. The summed E-state index contributed by atoms with van der Waals surface area (Å²) in [5.41, 5.74) is 0. The maximum atomic E-state index is 12.1. The number of hydrogen-bond donors (Lipinski definition) is 2. The molecule has 1 aliphatic rings. The molecule has 1 rings (SSSR count). The molecule has 0 aromatic heterocycles. The predicted octanol–water partition coefficient (Wildman–Crippen LogP) is 4.42. The molecule has 0 aromatic carbocycles. The number of imide groups is 1. The molecular formula is C25H42N2O7. The summed E-state index contributed by atoms with van der Waals surface area (Å²) in [6.45, 7) is 2.23. The van der Waals surface area contributed by atoms with Crippen LogP contribution in [0.2, 0.25) is 0 Å². The van der Waals surface area contributed by atoms with Gasteiger partial charge in [-0.15, -0.1) is 5.06 Å². The maximum absolute atomic E-state index is 12.1. The van der Waals surface area contributed by atoms with Gasteiger partial charge < -0.3 is 15.3 Å². The van der Waals surface area contributed by atoms with Crippen molar-refractivity contribution >= 4 is 29.7 Å². The summed E-state index contributed by atoms with van der Waals surface area (Å²) in [5, 5.41) is 12.2. The zero-order valence-electron chi connectivity index (χ0n) is 20.6. The van der Waals surface area contributed by atoms with Gasteiger partial charge in [-0.1, -0.05) is 84.0 Å². The van der Waals surface area contributed by atoms with Crippen LogP contribution in [0.1, 0.15) is 122 Å². The third-order valence-corrected chi connectivity index (χ3v) is 5.98. The van der Waals surface area contributed by atoms with Crippen molar-refractivity contribution in [2.24, 2.45) is 0 Å². The summed E-state index contributed by atoms with van der Waals surface area (Å²) in [4.78, 5) is 62.9. The van der Waals surface area contributed by atoms with Crippen molar-refractivity contribution in [2.75, 3.05) is 0 Å². The number of nitrogens with one attached hydrogen (secondary N) is 1. The number of carbonyl (C=O) groups excluding carboxylic acids is 4. The first kappa shape index (κ1) is 29.6. The van der Waals surface area contributed by atoms with Crippen molar-refractivity contribution in [3.63, 3.8) is 0 Å². The van der Waals surface area contributed by atoms with E-state index in [4.69, 9.17) is 4.84 Å². The van der Waals surface area contributed by atoms with Gasteiger partial charge in [0.1, 0.15) is 6.04 Å². The standard InChI is InChI=1S/C25H42N2O7/c1-2-3-4-5-6-7-8-9-10-11-12-13-14-15-21(28)26-20(25(32)33)16-19-24(31)34-27-22(29)17-18-23(27)30/h20H,2-19H2,1H3,(H,26,28)(H,32,33)/t20-/m1/s1. The van der Waals surface area contributed by atoms with Crippen LogP contribution < -0.4 is 5.32 Å². The molecule has 0 unspecified atom stereocenters. The lowest BCUT2D eigenvalue weighted by Gasteiger charge is -2.16. The van der Waals surface area contributed by atoms with Crippen LogP contribution in [0.15, 0.2) is 0 Å². The molecule has 194 valence electrons. The highest BCUT2D eigenvalue weighted by Gasteiger charge is 2.33. The lowest BCUT2D eigenvalue weighted by atomic mass is 10.0. The molecule has 1 atom stereocenters. The number of amides is 3. The molecule has 2 N–H and O–H groups in total. The van der Waals surface area contributed by atoms with E-state index >= 15 is 0 Å². The molecule has 0 radical (unpaired) electrons. The van der Waals surface area contributed by atoms with Gasteiger partial charge in [0.15, 0.2) is 0 Å². The Morgan fingerprint density at radius 1 is 0.824 bits per heavy atom. The average molecular weight is 483 g/mol. The topological polar surface area (TPSA) is 130 Å². The van der Waals surface area contributed by atoms with Gasteiger partial charge in [-0.3, -0.25) is 14.4 Å². The van der Waals surface area contributed by atoms with E-state index < -0.39 is 29.8 Å². The van der Waals surface area contributed by atoms with Gasteiger partial charge in [-0.2, -0.15) is 0 Å². The third kappa shape index (κ3) is 13.3. The van der Waals surface area contributed by atoms with E-state index in [1.165, 1.54) is 57.8 Å². The first-order valence-electron chi connectivity index (χ1n) is 12.9. The van der Waals surface area contributed by atoms with Crippen molar-refractivity contribution in [1.82, 2.24) is 10.4 Å². The van der Waals surface area contributed by atoms with E-state index in [-0.39, 0.29) is 38.0 Å². The number of hydroxylamine groups is 2. The number of hydrogen-bond acceptors (Lipinski definition) is 6. The van der Waals surface area contributed by atoms with E-state index in [9.17, 15) is 29.1 Å². The van der Waals surface area contributed by atoms with E-state index in [0.717, 1.165) is 19.3 Å². The summed E-state index contributed by atoms with van der Waals surface area (Å²) in [7, 11) is 0. The van der Waals surface area contributed by atoms with E-state index in [1.807, 2.05) is 0 Å². The minimum absolute atomic E-state index is 0.0148. The summed E-state index contributed by atoms with van der Waals surface area (Å²) in [6, 6.07) is -1.23. The molecule has 0 spiro atoms. The van der Waals surface area contributed by atoms with Gasteiger partial charge in [-0.05, 0) is 12.8 Å². The fourth-order valence-electron chi connectivity index (χ4n) is 3.89. The second-order valence-corrected chi connectivity index (χ2v) is 9.03. The molecule has 9 heteroatoms. The molecule has 34 heavy (non-hydrogen) atoms. The summed E-state index contributed by atoms with van der Waals surface area (Å²) >= 11 is 0. The van der Waals surface area contributed by atoms with Crippen LogP contribution in [0.25, 0.3) is 0 Å². The summed E-state index contributed by atoms with van der Waals surface area (Å²) < 4.78 is 0. The number of rotatable bonds is 20. The molecule has 0 aromatic rings. The Balaban J connectivity index is 2.08. The maximum Gasteiger partial charge on any atom is 0.333 e. The van der Waals surface area contributed by atoms with Crippen LogP contribution in [0.3, 0.4) is 0 Å². The van der Waals surface area contributed by atoms with Crippen LogP contribution in [-0.4, -0.2) is 45.9 Å². The Morgan fingerprint density at radius 3 is 1.76 bits per heavy atom. The molecule has 9 nitrogen and oxygen atoms in total. The molecule has 0 aliphatic carbocycles. The Bertz CT molecular complexity index is 650. The van der Waals surface area contributed by atoms with Crippen molar-refractivity contribution in [3.05, 3.63) is 0 Å². The SMILES string of the molecule is CCCCCCCCCCCCCCCC(=O)N[C@H](CCC(=O)ON1C(=O)CCC1=O)C(=O)O. The fraction of sp³-hybridized carbons (Fsp3) is 0.800. The monoisotopic (exact) mass is 482 g/mol. The molecule has 1 fully saturated rings. The Labute approximate surface area is 202 Å². The summed E-state index contributed by atoms with van der Waals surface area (Å²) in [5.74, 6) is -3.70. The van der Waals surface area contributed by atoms with Gasteiger partial charge >= 0.3 is 11.9 Å². The largest absolute Gasteiger partial charge is 0.480 e. The number of carbonyl (C=O) groups is 5. The van der Waals surface area contributed by atoms with Gasteiger partial charge in [0.05, 0.1) is 6.42 Å². The highest BCUT2D eigenvalue weighted by Crippen LogP contribution is 2.14. The van der Waals surface area contributed by atoms with Crippen LogP contribution in [0.4, 0.5) is 0 Å². The van der Waals surface area contributed by atoms with Crippen LogP contribution in [-0.2, 0) is 28.8 Å².